The summed E-state index contributed by atoms with van der Waals surface area (Å²) in [6, 6.07) is 3.95. The van der Waals surface area contributed by atoms with Crippen LogP contribution >= 0.6 is 0 Å². The van der Waals surface area contributed by atoms with E-state index in [2.05, 4.69) is 24.0 Å². The summed E-state index contributed by atoms with van der Waals surface area (Å²) in [7, 11) is 2.12. The Kier molecular flexibility index (Phi) is 7.09. The van der Waals surface area contributed by atoms with E-state index in [9.17, 15) is 9.59 Å². The molecule has 4 atom stereocenters. The lowest BCUT2D eigenvalue weighted by Crippen LogP contribution is -2.41. The van der Waals surface area contributed by atoms with Crippen LogP contribution in [0.25, 0.3) is 28.2 Å². The Labute approximate surface area is 260 Å². The van der Waals surface area contributed by atoms with Crippen LogP contribution in [0.5, 0.6) is 5.88 Å². The highest BCUT2D eigenvalue weighted by molar-refractivity contribution is 5.91. The monoisotopic (exact) mass is 613 g/mol. The Morgan fingerprint density at radius 2 is 1.98 bits per heavy atom. The molecule has 12 nitrogen and oxygen atoms in total. The Hall–Kier alpha value is -3.90. The zero-order chi connectivity index (χ0) is 30.7. The van der Waals surface area contributed by atoms with Gasteiger partial charge >= 0.3 is 0 Å². The van der Waals surface area contributed by atoms with Crippen LogP contribution in [0.15, 0.2) is 33.8 Å². The van der Waals surface area contributed by atoms with Crippen molar-refractivity contribution in [3.8, 4) is 23.2 Å². The average Bonchev–Trinajstić information content (AvgIpc) is 3.86. The van der Waals surface area contributed by atoms with E-state index in [4.69, 9.17) is 29.1 Å². The Morgan fingerprint density at radius 3 is 2.78 bits per heavy atom. The standard InChI is InChI=1S/C33H39N7O5/c1-20(24-8-6-14-38(24)2)44-27-17-26(40-18-21-10-15-39(22-11-16-43-19-22)32(42)28(21)36-40)34-31(35-27)29-23-7-5-13-33(30(23)45-37-29)12-4-3-9-25(33)41/h10,15,17-18,20,22,24H,3-9,11-14,16,19H2,1-2H3/t20-,22-,24-,33+/m0/s1. The summed E-state index contributed by atoms with van der Waals surface area (Å²) in [6.07, 6.45) is 12.2. The van der Waals surface area contributed by atoms with Crippen molar-refractivity contribution >= 4 is 16.7 Å². The number of pyridine rings is 1. The first-order chi connectivity index (χ1) is 21.9. The SMILES string of the molecule is C[C@H](Oc1cc(-n2cc3ccn([C@H]4CCOC4)c(=O)c3n2)nc(-c2noc3c2CCC[C@@]32CCCCC2=O)n1)[C@@H]1CCCN1C. The van der Waals surface area contributed by atoms with Crippen molar-refractivity contribution < 1.29 is 18.8 Å². The molecule has 0 radical (unpaired) electrons. The highest BCUT2D eigenvalue weighted by atomic mass is 16.5. The number of Topliss-reactive ketones (excluding diaryl/α,β-unsaturated/α-hetero) is 1. The van der Waals surface area contributed by atoms with Crippen LogP contribution in [-0.2, 0) is 21.4 Å². The van der Waals surface area contributed by atoms with E-state index in [1.54, 1.807) is 15.3 Å². The number of carbonyl (C=O) groups excluding carboxylic acids is 1. The van der Waals surface area contributed by atoms with Crippen molar-refractivity contribution in [3.63, 3.8) is 0 Å². The Bertz CT molecular complexity index is 1820. The molecular formula is C33H39N7O5. The second-order valence-electron chi connectivity index (χ2n) is 13.2. The second kappa shape index (κ2) is 11.2. The van der Waals surface area contributed by atoms with Crippen molar-refractivity contribution in [3.05, 3.63) is 46.2 Å². The van der Waals surface area contributed by atoms with E-state index in [0.29, 0.717) is 54.1 Å². The molecule has 1 spiro atoms. The highest BCUT2D eigenvalue weighted by Gasteiger charge is 2.48. The number of likely N-dealkylation sites (N-methyl/N-ethyl adjacent to an activating group) is 1. The van der Waals surface area contributed by atoms with Gasteiger partial charge in [-0.15, -0.1) is 0 Å². The van der Waals surface area contributed by atoms with Crippen LogP contribution in [0.1, 0.15) is 82.1 Å². The molecule has 8 rings (SSSR count). The van der Waals surface area contributed by atoms with E-state index in [1.807, 2.05) is 18.5 Å². The summed E-state index contributed by atoms with van der Waals surface area (Å²) < 4.78 is 21.4. The van der Waals surface area contributed by atoms with E-state index < -0.39 is 5.41 Å². The fourth-order valence-electron chi connectivity index (χ4n) is 8.04. The minimum atomic E-state index is -0.598. The first kappa shape index (κ1) is 28.6. The molecule has 0 N–H and O–H groups in total. The van der Waals surface area contributed by atoms with Gasteiger partial charge in [0.15, 0.2) is 28.6 Å². The van der Waals surface area contributed by atoms with E-state index in [1.165, 1.54) is 0 Å². The van der Waals surface area contributed by atoms with Crippen molar-refractivity contribution in [1.29, 1.82) is 0 Å². The van der Waals surface area contributed by atoms with Crippen molar-refractivity contribution in [2.24, 2.45) is 0 Å². The fraction of sp³-hybridized carbons (Fsp3) is 0.576. The zero-order valence-corrected chi connectivity index (χ0v) is 25.9. The quantitative estimate of drug-likeness (QED) is 0.312. The van der Waals surface area contributed by atoms with E-state index in [0.717, 1.165) is 75.3 Å². The molecule has 1 saturated carbocycles. The first-order valence-electron chi connectivity index (χ1n) is 16.4. The zero-order valence-electron chi connectivity index (χ0n) is 25.9. The minimum Gasteiger partial charge on any atom is -0.473 e. The van der Waals surface area contributed by atoms with Gasteiger partial charge in [-0.3, -0.25) is 14.5 Å². The summed E-state index contributed by atoms with van der Waals surface area (Å²) in [5.41, 5.74) is 1.07. The van der Waals surface area contributed by atoms with Crippen molar-refractivity contribution in [1.82, 2.24) is 34.4 Å². The Morgan fingerprint density at radius 1 is 1.09 bits per heavy atom. The number of carbonyl (C=O) groups is 1. The second-order valence-corrected chi connectivity index (χ2v) is 13.2. The molecule has 6 heterocycles. The van der Waals surface area contributed by atoms with E-state index in [-0.39, 0.29) is 29.5 Å². The lowest BCUT2D eigenvalue weighted by molar-refractivity contribution is -0.128. The van der Waals surface area contributed by atoms with Crippen LogP contribution < -0.4 is 10.3 Å². The van der Waals surface area contributed by atoms with Gasteiger partial charge in [-0.2, -0.15) is 10.1 Å². The van der Waals surface area contributed by atoms with Crippen LogP contribution in [0, 0.1) is 0 Å². The number of hydrogen-bond acceptors (Lipinski definition) is 10. The number of ether oxygens (including phenoxy) is 2. The van der Waals surface area contributed by atoms with Gasteiger partial charge in [-0.1, -0.05) is 11.6 Å². The summed E-state index contributed by atoms with van der Waals surface area (Å²) in [4.78, 5) is 38.8. The highest BCUT2D eigenvalue weighted by Crippen LogP contribution is 2.47. The number of hydrogen-bond donors (Lipinski definition) is 0. The summed E-state index contributed by atoms with van der Waals surface area (Å²) >= 11 is 0. The lowest BCUT2D eigenvalue weighted by Gasteiger charge is -2.36. The molecular weight excluding hydrogens is 574 g/mol. The Balaban J connectivity index is 1.22. The van der Waals surface area contributed by atoms with Crippen molar-refractivity contribution in [2.45, 2.75) is 94.7 Å². The third-order valence-corrected chi connectivity index (χ3v) is 10.5. The summed E-state index contributed by atoms with van der Waals surface area (Å²) in [6.45, 7) is 4.27. The minimum absolute atomic E-state index is 0.00518. The third kappa shape index (κ3) is 4.80. The smallest absolute Gasteiger partial charge is 0.279 e. The molecule has 4 aliphatic rings. The largest absolute Gasteiger partial charge is 0.473 e. The molecule has 2 aliphatic heterocycles. The van der Waals surface area contributed by atoms with Gasteiger partial charge in [-0.25, -0.2) is 9.67 Å². The maximum atomic E-state index is 13.5. The molecule has 12 heteroatoms. The maximum absolute atomic E-state index is 13.5. The number of ketones is 1. The van der Waals surface area contributed by atoms with Crippen molar-refractivity contribution in [2.75, 3.05) is 26.8 Å². The molecule has 4 aromatic rings. The van der Waals surface area contributed by atoms with Crippen LogP contribution in [0.3, 0.4) is 0 Å². The molecule has 0 aromatic carbocycles. The topological polar surface area (TPSA) is 130 Å². The molecule has 45 heavy (non-hydrogen) atoms. The number of nitrogens with zero attached hydrogens (tertiary/aromatic N) is 7. The summed E-state index contributed by atoms with van der Waals surface area (Å²) in [5.74, 6) is 2.17. The molecule has 0 bridgehead atoms. The van der Waals surface area contributed by atoms with E-state index >= 15 is 0 Å². The first-order valence-corrected chi connectivity index (χ1v) is 16.4. The number of likely N-dealkylation sites (tertiary alicyclic amines) is 1. The molecule has 0 unspecified atom stereocenters. The van der Waals surface area contributed by atoms with Crippen LogP contribution in [0.2, 0.25) is 0 Å². The molecule has 4 aromatic heterocycles. The number of rotatable bonds is 6. The lowest BCUT2D eigenvalue weighted by atomic mass is 9.64. The van der Waals surface area contributed by atoms with Gasteiger partial charge in [0.25, 0.3) is 5.56 Å². The summed E-state index contributed by atoms with van der Waals surface area (Å²) in [5, 5.41) is 9.93. The van der Waals surface area contributed by atoms with Crippen LogP contribution in [-0.4, -0.2) is 79.1 Å². The van der Waals surface area contributed by atoms with Gasteiger partial charge in [0.05, 0.1) is 18.1 Å². The molecule has 2 aliphatic carbocycles. The molecule has 0 amide bonds. The molecule has 236 valence electrons. The van der Waals surface area contributed by atoms with Gasteiger partial charge in [0.2, 0.25) is 5.88 Å². The van der Waals surface area contributed by atoms with Crippen LogP contribution in [0.4, 0.5) is 0 Å². The van der Waals surface area contributed by atoms with Gasteiger partial charge in [-0.05, 0) is 77.9 Å². The third-order valence-electron chi connectivity index (χ3n) is 10.5. The average molecular weight is 614 g/mol. The maximum Gasteiger partial charge on any atom is 0.279 e. The molecule has 3 fully saturated rings. The van der Waals surface area contributed by atoms with Gasteiger partial charge in [0, 0.05) is 48.5 Å². The molecule has 2 saturated heterocycles. The number of aromatic nitrogens is 6. The predicted octanol–water partition coefficient (Wildman–Crippen LogP) is 4.17. The number of fused-ring (bicyclic) bond motifs is 3. The van der Waals surface area contributed by atoms with Gasteiger partial charge < -0.3 is 18.6 Å². The van der Waals surface area contributed by atoms with Gasteiger partial charge in [0.1, 0.15) is 11.9 Å². The normalized spacial score (nSPS) is 26.1. The fourth-order valence-corrected chi connectivity index (χ4v) is 8.04. The predicted molar refractivity (Wildman–Crippen MR) is 165 cm³/mol.